The number of carbonyl (C=O) groups excluding carboxylic acids is 1. The van der Waals surface area contributed by atoms with Crippen LogP contribution in [0.25, 0.3) is 0 Å². The van der Waals surface area contributed by atoms with Crippen molar-refractivity contribution in [3.63, 3.8) is 0 Å². The number of hydrogen-bond donors (Lipinski definition) is 0. The van der Waals surface area contributed by atoms with Gasteiger partial charge in [0.2, 0.25) is 0 Å². The van der Waals surface area contributed by atoms with Gasteiger partial charge in [-0.05, 0) is 0 Å². The van der Waals surface area contributed by atoms with E-state index in [2.05, 4.69) is 0 Å². The van der Waals surface area contributed by atoms with E-state index in [4.69, 9.17) is 0 Å². The molecule has 0 aliphatic heterocycles. The Hall–Kier alpha value is -0.330. The second-order valence-corrected chi connectivity index (χ2v) is 1.38. The molecule has 0 unspecified atom stereocenters. The van der Waals surface area contributed by atoms with E-state index in [9.17, 15) is 4.79 Å². The van der Waals surface area contributed by atoms with Crippen LogP contribution in [-0.2, 0) is 4.79 Å². The summed E-state index contributed by atoms with van der Waals surface area (Å²) in [6, 6.07) is 0. The zero-order valence-electron chi connectivity index (χ0n) is 4.56. The SMILES string of the molecule is CC(C)C=O.[CH3]. The van der Waals surface area contributed by atoms with E-state index in [0.29, 0.717) is 0 Å². The molecule has 0 aliphatic rings. The van der Waals surface area contributed by atoms with Crippen molar-refractivity contribution in [2.75, 3.05) is 0 Å². The van der Waals surface area contributed by atoms with Gasteiger partial charge in [-0.15, -0.1) is 0 Å². The lowest BCUT2D eigenvalue weighted by molar-refractivity contribution is -0.110. The van der Waals surface area contributed by atoms with Gasteiger partial charge in [-0.25, -0.2) is 0 Å². The van der Waals surface area contributed by atoms with Gasteiger partial charge in [0, 0.05) is 5.92 Å². The maximum Gasteiger partial charge on any atom is 0.122 e. The van der Waals surface area contributed by atoms with Crippen LogP contribution in [-0.4, -0.2) is 6.29 Å². The summed E-state index contributed by atoms with van der Waals surface area (Å²) >= 11 is 0. The first kappa shape index (κ1) is 9.18. The van der Waals surface area contributed by atoms with Crippen molar-refractivity contribution in [2.24, 2.45) is 5.92 Å². The molecule has 6 heavy (non-hydrogen) atoms. The predicted octanol–water partition coefficient (Wildman–Crippen LogP) is 1.29. The van der Waals surface area contributed by atoms with Gasteiger partial charge >= 0.3 is 0 Å². The molecule has 0 aromatic carbocycles. The average molecular weight is 87.1 g/mol. The highest BCUT2D eigenvalue weighted by Crippen LogP contribution is 1.78. The molecular weight excluding hydrogens is 76.1 g/mol. The van der Waals surface area contributed by atoms with Crippen LogP contribution in [0.4, 0.5) is 0 Å². The first-order valence-corrected chi connectivity index (χ1v) is 1.72. The summed E-state index contributed by atoms with van der Waals surface area (Å²) in [6.45, 7) is 3.71. The molecule has 0 saturated carbocycles. The lowest BCUT2D eigenvalue weighted by atomic mass is 10.3. The molecule has 1 radical (unpaired) electrons. The Morgan fingerprint density at radius 1 is 1.50 bits per heavy atom. The summed E-state index contributed by atoms with van der Waals surface area (Å²) < 4.78 is 0. The summed E-state index contributed by atoms with van der Waals surface area (Å²) in [6.07, 6.45) is 0.917. The Bertz CT molecular complexity index is 30.9. The number of rotatable bonds is 1. The van der Waals surface area contributed by atoms with Gasteiger partial charge in [-0.1, -0.05) is 21.3 Å². The van der Waals surface area contributed by atoms with Gasteiger partial charge in [-0.2, -0.15) is 0 Å². The minimum Gasteiger partial charge on any atom is -0.303 e. The van der Waals surface area contributed by atoms with Gasteiger partial charge in [-0.3, -0.25) is 0 Å². The van der Waals surface area contributed by atoms with Crippen LogP contribution in [0.2, 0.25) is 0 Å². The van der Waals surface area contributed by atoms with Gasteiger partial charge in [0.05, 0.1) is 0 Å². The molecule has 0 bridgehead atoms. The fourth-order valence-corrected chi connectivity index (χ4v) is 0. The fourth-order valence-electron chi connectivity index (χ4n) is 0. The van der Waals surface area contributed by atoms with Gasteiger partial charge in [0.15, 0.2) is 0 Å². The third-order valence-corrected chi connectivity index (χ3v) is 0.272. The minimum absolute atomic E-state index is 0. The lowest BCUT2D eigenvalue weighted by Crippen LogP contribution is -1.82. The van der Waals surface area contributed by atoms with Crippen LogP contribution < -0.4 is 0 Å². The second kappa shape index (κ2) is 4.67. The van der Waals surface area contributed by atoms with Crippen molar-refractivity contribution >= 4 is 6.29 Å². The van der Waals surface area contributed by atoms with Crippen molar-refractivity contribution < 1.29 is 4.79 Å². The molecule has 0 aromatic rings. The Balaban J connectivity index is 0. The zero-order valence-corrected chi connectivity index (χ0v) is 4.56. The first-order chi connectivity index (χ1) is 2.27. The highest BCUT2D eigenvalue weighted by atomic mass is 16.1. The van der Waals surface area contributed by atoms with Crippen LogP contribution in [0, 0.1) is 13.3 Å². The van der Waals surface area contributed by atoms with Crippen LogP contribution in [0.15, 0.2) is 0 Å². The molecule has 0 atom stereocenters. The quantitative estimate of drug-likeness (QED) is 0.440. The van der Waals surface area contributed by atoms with E-state index in [1.165, 1.54) is 0 Å². The molecule has 37 valence electrons. The molecule has 1 nitrogen and oxygen atoms in total. The number of carbonyl (C=O) groups is 1. The molecule has 1 heteroatoms. The maximum atomic E-state index is 9.50. The van der Waals surface area contributed by atoms with E-state index in [0.717, 1.165) is 6.29 Å². The first-order valence-electron chi connectivity index (χ1n) is 1.72. The van der Waals surface area contributed by atoms with Gasteiger partial charge in [0.25, 0.3) is 0 Å². The van der Waals surface area contributed by atoms with Crippen molar-refractivity contribution in [1.82, 2.24) is 0 Å². The molecule has 0 fully saturated rings. The van der Waals surface area contributed by atoms with Gasteiger partial charge < -0.3 is 4.79 Å². The van der Waals surface area contributed by atoms with Gasteiger partial charge in [0.1, 0.15) is 6.29 Å². The van der Waals surface area contributed by atoms with Crippen molar-refractivity contribution in [3.05, 3.63) is 7.43 Å². The average Bonchev–Trinajstić information content (AvgIpc) is 1.38. The third-order valence-electron chi connectivity index (χ3n) is 0.272. The Morgan fingerprint density at radius 2 is 1.67 bits per heavy atom. The van der Waals surface area contributed by atoms with E-state index < -0.39 is 0 Å². The van der Waals surface area contributed by atoms with Crippen LogP contribution in [0.3, 0.4) is 0 Å². The molecule has 0 heterocycles. The molecule has 0 aliphatic carbocycles. The smallest absolute Gasteiger partial charge is 0.122 e. The number of aldehydes is 1. The molecule has 0 amide bonds. The highest BCUT2D eigenvalue weighted by Gasteiger charge is 1.79. The summed E-state index contributed by atoms with van der Waals surface area (Å²) in [4.78, 5) is 9.50. The highest BCUT2D eigenvalue weighted by molar-refractivity contribution is 5.51. The summed E-state index contributed by atoms with van der Waals surface area (Å²) in [5, 5.41) is 0. The van der Waals surface area contributed by atoms with Crippen molar-refractivity contribution in [1.29, 1.82) is 0 Å². The van der Waals surface area contributed by atoms with E-state index in [1.54, 1.807) is 0 Å². The minimum atomic E-state index is 0. The maximum absolute atomic E-state index is 9.50. The van der Waals surface area contributed by atoms with Crippen LogP contribution in [0.5, 0.6) is 0 Å². The second-order valence-electron chi connectivity index (χ2n) is 1.38. The molecule has 0 aromatic heterocycles. The van der Waals surface area contributed by atoms with Crippen molar-refractivity contribution in [3.8, 4) is 0 Å². The lowest BCUT2D eigenvalue weighted by Gasteiger charge is -1.78. The molecule has 0 rings (SSSR count). The Morgan fingerprint density at radius 3 is 1.67 bits per heavy atom. The summed E-state index contributed by atoms with van der Waals surface area (Å²) in [5.41, 5.74) is 0. The molecule has 0 N–H and O–H groups in total. The van der Waals surface area contributed by atoms with E-state index >= 15 is 0 Å². The monoisotopic (exact) mass is 87.1 g/mol. The van der Waals surface area contributed by atoms with Crippen molar-refractivity contribution in [2.45, 2.75) is 13.8 Å². The summed E-state index contributed by atoms with van der Waals surface area (Å²) in [7, 11) is 0. The molecule has 0 saturated heterocycles. The fraction of sp³-hybridized carbons (Fsp3) is 0.600. The normalized spacial score (nSPS) is 7.17. The Labute approximate surface area is 39.4 Å². The predicted molar refractivity (Wildman–Crippen MR) is 27.3 cm³/mol. The number of hydrogen-bond acceptors (Lipinski definition) is 1. The summed E-state index contributed by atoms with van der Waals surface area (Å²) in [5.74, 6) is 0.204. The topological polar surface area (TPSA) is 17.1 Å². The van der Waals surface area contributed by atoms with Crippen LogP contribution in [0.1, 0.15) is 13.8 Å². The zero-order chi connectivity index (χ0) is 4.28. The molecule has 0 spiro atoms. The Kier molecular flexibility index (Phi) is 7.15. The largest absolute Gasteiger partial charge is 0.303 e. The van der Waals surface area contributed by atoms with E-state index in [1.807, 2.05) is 13.8 Å². The van der Waals surface area contributed by atoms with Crippen LogP contribution >= 0.6 is 0 Å². The standard InChI is InChI=1S/C4H8O.CH3/c1-4(2)3-5;/h3-4H,1-2H3;1H3. The van der Waals surface area contributed by atoms with E-state index in [-0.39, 0.29) is 13.3 Å². The molecular formula is C5H11O. The third kappa shape index (κ3) is 9.38.